The number of thiol groups is 1. The lowest BCUT2D eigenvalue weighted by Crippen LogP contribution is -2.12. The second-order valence-electron chi connectivity index (χ2n) is 3.86. The number of benzene rings is 2. The van der Waals surface area contributed by atoms with E-state index in [-0.39, 0.29) is 5.75 Å². The highest BCUT2D eigenvalue weighted by Crippen LogP contribution is 2.24. The van der Waals surface area contributed by atoms with Gasteiger partial charge in [0.1, 0.15) is 10.7 Å². The van der Waals surface area contributed by atoms with Crippen molar-refractivity contribution in [2.45, 2.75) is 0 Å². The van der Waals surface area contributed by atoms with Crippen LogP contribution in [0.4, 0.5) is 5.69 Å². The summed E-state index contributed by atoms with van der Waals surface area (Å²) in [5.41, 5.74) is 1.63. The van der Waals surface area contributed by atoms with Crippen LogP contribution in [0.3, 0.4) is 0 Å². The maximum Gasteiger partial charge on any atom is 0.218 e. The summed E-state index contributed by atoms with van der Waals surface area (Å²) < 4.78 is 0. The number of phenols is 1. The molecule has 0 aliphatic carbocycles. The van der Waals surface area contributed by atoms with E-state index in [1.54, 1.807) is 0 Å². The predicted octanol–water partition coefficient (Wildman–Crippen LogP) is 3.25. The molecule has 2 rings (SSSR count). The third-order valence-electron chi connectivity index (χ3n) is 2.52. The molecule has 0 aromatic heterocycles. The largest absolute Gasteiger partial charge is 0.508 e. The maximum atomic E-state index is 11.4. The Hall–Kier alpha value is -1.85. The minimum Gasteiger partial charge on any atom is -0.508 e. The summed E-state index contributed by atoms with van der Waals surface area (Å²) in [5.74, 6) is 0.0525. The molecule has 0 radical (unpaired) electrons. The van der Waals surface area contributed by atoms with Crippen molar-refractivity contribution < 1.29 is 9.90 Å². The first-order valence-electron chi connectivity index (χ1n) is 5.50. The molecule has 0 spiro atoms. The quantitative estimate of drug-likeness (QED) is 0.600. The first kappa shape index (κ1) is 13.6. The van der Waals surface area contributed by atoms with Gasteiger partial charge in [0.25, 0.3) is 0 Å². The highest BCUT2D eigenvalue weighted by Gasteiger charge is 2.10. The number of carbonyl (C=O) groups excluding carboxylic acids is 1. The van der Waals surface area contributed by atoms with E-state index in [9.17, 15) is 9.90 Å². The third kappa shape index (κ3) is 3.33. The molecular weight excluding hydrogens is 278 g/mol. The number of anilines is 1. The van der Waals surface area contributed by atoms with Crippen LogP contribution in [0.2, 0.25) is 0 Å². The highest BCUT2D eigenvalue weighted by atomic mass is 32.1. The van der Waals surface area contributed by atoms with Crippen molar-refractivity contribution in [2.24, 2.45) is 0 Å². The summed E-state index contributed by atoms with van der Waals surface area (Å²) in [5, 5.41) is 12.0. The summed E-state index contributed by atoms with van der Waals surface area (Å²) >= 11 is 9.06. The zero-order chi connectivity index (χ0) is 13.8. The van der Waals surface area contributed by atoms with Gasteiger partial charge in [-0.2, -0.15) is 0 Å². The third-order valence-corrected chi connectivity index (χ3v) is 3.10. The average molecular weight is 289 g/mol. The van der Waals surface area contributed by atoms with Gasteiger partial charge in [0.05, 0.1) is 11.3 Å². The van der Waals surface area contributed by atoms with Crippen molar-refractivity contribution in [3.8, 4) is 5.75 Å². The van der Waals surface area contributed by atoms with Gasteiger partial charge in [-0.25, -0.2) is 0 Å². The molecule has 19 heavy (non-hydrogen) atoms. The molecule has 2 aromatic carbocycles. The second kappa shape index (κ2) is 5.86. The van der Waals surface area contributed by atoms with E-state index >= 15 is 0 Å². The van der Waals surface area contributed by atoms with Crippen LogP contribution in [0, 0.1) is 0 Å². The van der Waals surface area contributed by atoms with E-state index < -0.39 is 5.12 Å². The van der Waals surface area contributed by atoms with Crippen molar-refractivity contribution >= 4 is 40.6 Å². The minimum absolute atomic E-state index is 0.0525. The van der Waals surface area contributed by atoms with Crippen molar-refractivity contribution in [1.82, 2.24) is 0 Å². The molecule has 0 fully saturated rings. The average Bonchev–Trinajstić information content (AvgIpc) is 2.39. The maximum absolute atomic E-state index is 11.4. The summed E-state index contributed by atoms with van der Waals surface area (Å²) in [6.45, 7) is 0. The van der Waals surface area contributed by atoms with Crippen molar-refractivity contribution in [3.05, 3.63) is 59.7 Å². The van der Waals surface area contributed by atoms with Crippen LogP contribution < -0.4 is 5.32 Å². The fourth-order valence-electron chi connectivity index (χ4n) is 1.61. The van der Waals surface area contributed by atoms with Gasteiger partial charge in [0.2, 0.25) is 5.12 Å². The lowest BCUT2D eigenvalue weighted by Gasteiger charge is -2.11. The van der Waals surface area contributed by atoms with Gasteiger partial charge in [0, 0.05) is 11.6 Å². The van der Waals surface area contributed by atoms with E-state index in [2.05, 4.69) is 17.9 Å². The van der Waals surface area contributed by atoms with Crippen LogP contribution in [0.15, 0.2) is 48.5 Å². The Morgan fingerprint density at radius 2 is 1.84 bits per heavy atom. The van der Waals surface area contributed by atoms with Gasteiger partial charge >= 0.3 is 0 Å². The number of carbonyl (C=O) groups is 1. The fraction of sp³-hybridized carbons (Fsp3) is 0. The number of nitrogens with one attached hydrogen (secondary N) is 1. The highest BCUT2D eigenvalue weighted by molar-refractivity contribution is 7.97. The first-order valence-corrected chi connectivity index (χ1v) is 6.36. The Morgan fingerprint density at radius 1 is 1.16 bits per heavy atom. The minimum atomic E-state index is -0.390. The molecule has 2 aromatic rings. The Morgan fingerprint density at radius 3 is 2.47 bits per heavy atom. The Labute approximate surface area is 121 Å². The molecular formula is C14H11NO2S2. The molecule has 0 aliphatic heterocycles. The number of phenolic OH excluding ortho intramolecular Hbond substituents is 1. The van der Waals surface area contributed by atoms with Crippen molar-refractivity contribution in [2.75, 3.05) is 5.32 Å². The van der Waals surface area contributed by atoms with E-state index in [1.165, 1.54) is 18.2 Å². The van der Waals surface area contributed by atoms with E-state index in [0.717, 1.165) is 5.56 Å². The molecule has 2 N–H and O–H groups in total. The zero-order valence-electron chi connectivity index (χ0n) is 9.83. The lowest BCUT2D eigenvalue weighted by atomic mass is 10.1. The predicted molar refractivity (Wildman–Crippen MR) is 83.2 cm³/mol. The number of hydrogen-bond acceptors (Lipinski definition) is 3. The monoisotopic (exact) mass is 289 g/mol. The van der Waals surface area contributed by atoms with Gasteiger partial charge in [0.15, 0.2) is 0 Å². The van der Waals surface area contributed by atoms with Crippen molar-refractivity contribution in [1.29, 1.82) is 0 Å². The lowest BCUT2D eigenvalue weighted by molar-refractivity contribution is 0.109. The van der Waals surface area contributed by atoms with Gasteiger partial charge in [-0.05, 0) is 12.1 Å². The molecule has 0 bridgehead atoms. The second-order valence-corrected chi connectivity index (χ2v) is 4.67. The van der Waals surface area contributed by atoms with Crippen LogP contribution in [0.25, 0.3) is 0 Å². The van der Waals surface area contributed by atoms with Gasteiger partial charge in [-0.15, -0.1) is 12.6 Å². The molecule has 0 amide bonds. The van der Waals surface area contributed by atoms with E-state index in [0.29, 0.717) is 16.2 Å². The fourth-order valence-corrected chi connectivity index (χ4v) is 2.05. The number of rotatable bonds is 3. The smallest absolute Gasteiger partial charge is 0.218 e. The van der Waals surface area contributed by atoms with Crippen LogP contribution in [0.1, 0.15) is 15.9 Å². The van der Waals surface area contributed by atoms with Crippen molar-refractivity contribution in [3.63, 3.8) is 0 Å². The van der Waals surface area contributed by atoms with Crippen LogP contribution in [0.5, 0.6) is 5.75 Å². The zero-order valence-corrected chi connectivity index (χ0v) is 11.5. The van der Waals surface area contributed by atoms with Crippen LogP contribution in [-0.2, 0) is 0 Å². The topological polar surface area (TPSA) is 49.3 Å². The summed E-state index contributed by atoms with van der Waals surface area (Å²) in [6.07, 6.45) is 0. The molecule has 96 valence electrons. The Balaban J connectivity index is 2.31. The van der Waals surface area contributed by atoms with Crippen LogP contribution in [-0.4, -0.2) is 15.2 Å². The van der Waals surface area contributed by atoms with E-state index in [4.69, 9.17) is 12.2 Å². The molecule has 0 atom stereocenters. The molecule has 0 unspecified atom stereocenters. The van der Waals surface area contributed by atoms with Gasteiger partial charge in [-0.3, -0.25) is 4.79 Å². The normalized spacial score (nSPS) is 9.95. The molecule has 0 heterocycles. The Kier molecular flexibility index (Phi) is 4.19. The number of thiocarbonyl (C=S) groups is 1. The molecule has 3 nitrogen and oxygen atoms in total. The molecule has 0 aliphatic rings. The summed E-state index contributed by atoms with van der Waals surface area (Å²) in [7, 11) is 0. The van der Waals surface area contributed by atoms with E-state index in [1.807, 2.05) is 30.3 Å². The number of aromatic hydroxyl groups is 1. The summed E-state index contributed by atoms with van der Waals surface area (Å²) in [4.78, 5) is 11.9. The SMILES string of the molecule is O=C(S)c1ccc(O)cc1NC(=S)c1ccccc1. The van der Waals surface area contributed by atoms with Gasteiger partial charge < -0.3 is 10.4 Å². The summed E-state index contributed by atoms with van der Waals surface area (Å²) in [6, 6.07) is 13.7. The molecule has 0 saturated heterocycles. The Bertz CT molecular complexity index is 627. The molecule has 0 saturated carbocycles. The number of hydrogen-bond donors (Lipinski definition) is 3. The van der Waals surface area contributed by atoms with Crippen LogP contribution >= 0.6 is 24.8 Å². The first-order chi connectivity index (χ1) is 9.08. The standard InChI is InChI=1S/C14H11NO2S2/c16-10-6-7-11(14(17)19)12(8-10)15-13(18)9-4-2-1-3-5-9/h1-8,16H,(H,15,18)(H,17,19). The molecule has 5 heteroatoms. The van der Waals surface area contributed by atoms with Gasteiger partial charge in [-0.1, -0.05) is 42.5 Å².